The molecule has 0 aliphatic carbocycles. The quantitative estimate of drug-likeness (QED) is 0.677. The SMILES string of the molecule is CCCc1nc(Cl)cc(Cc2ccc3ccccc3n2)n1. The van der Waals surface area contributed by atoms with Gasteiger partial charge in [0.05, 0.1) is 11.2 Å². The van der Waals surface area contributed by atoms with Gasteiger partial charge in [-0.05, 0) is 24.6 Å². The van der Waals surface area contributed by atoms with Crippen molar-refractivity contribution in [3.8, 4) is 0 Å². The van der Waals surface area contributed by atoms with E-state index in [0.29, 0.717) is 11.6 Å². The number of aromatic nitrogens is 3. The van der Waals surface area contributed by atoms with Crippen LogP contribution in [0.4, 0.5) is 0 Å². The van der Waals surface area contributed by atoms with Crippen LogP contribution < -0.4 is 0 Å². The third-order valence-electron chi connectivity index (χ3n) is 3.29. The van der Waals surface area contributed by atoms with Gasteiger partial charge in [-0.1, -0.05) is 42.8 Å². The summed E-state index contributed by atoms with van der Waals surface area (Å²) in [6.45, 7) is 2.11. The number of hydrogen-bond donors (Lipinski definition) is 0. The molecule has 0 saturated carbocycles. The maximum atomic E-state index is 6.08. The lowest BCUT2D eigenvalue weighted by Crippen LogP contribution is -2.01. The molecule has 0 radical (unpaired) electrons. The fraction of sp³-hybridized carbons (Fsp3) is 0.235. The highest BCUT2D eigenvalue weighted by Gasteiger charge is 2.05. The molecule has 0 N–H and O–H groups in total. The summed E-state index contributed by atoms with van der Waals surface area (Å²) < 4.78 is 0. The van der Waals surface area contributed by atoms with Gasteiger partial charge < -0.3 is 0 Å². The Hall–Kier alpha value is -2.00. The average molecular weight is 298 g/mol. The van der Waals surface area contributed by atoms with E-state index < -0.39 is 0 Å². The number of aryl methyl sites for hydroxylation is 1. The molecule has 0 spiro atoms. The van der Waals surface area contributed by atoms with E-state index in [2.05, 4.69) is 34.0 Å². The van der Waals surface area contributed by atoms with Crippen LogP contribution in [0.15, 0.2) is 42.5 Å². The van der Waals surface area contributed by atoms with Crippen LogP contribution in [-0.2, 0) is 12.8 Å². The largest absolute Gasteiger partial charge is 0.252 e. The molecule has 2 heterocycles. The third kappa shape index (κ3) is 3.37. The molecule has 0 saturated heterocycles. The standard InChI is InChI=1S/C17H16ClN3/c1-2-5-17-20-14(11-16(18)21-17)10-13-9-8-12-6-3-4-7-15(12)19-13/h3-4,6-9,11H,2,5,10H2,1H3. The van der Waals surface area contributed by atoms with Gasteiger partial charge >= 0.3 is 0 Å². The number of rotatable bonds is 4. The summed E-state index contributed by atoms with van der Waals surface area (Å²) in [5.74, 6) is 0.806. The van der Waals surface area contributed by atoms with Gasteiger partial charge in [0.15, 0.2) is 0 Å². The van der Waals surface area contributed by atoms with Gasteiger partial charge in [-0.25, -0.2) is 9.97 Å². The summed E-state index contributed by atoms with van der Waals surface area (Å²) in [7, 11) is 0. The average Bonchev–Trinajstić information content (AvgIpc) is 2.47. The van der Waals surface area contributed by atoms with Crippen molar-refractivity contribution in [1.29, 1.82) is 0 Å². The summed E-state index contributed by atoms with van der Waals surface area (Å²) in [6, 6.07) is 14.1. The molecular formula is C17H16ClN3. The minimum absolute atomic E-state index is 0.504. The second-order valence-electron chi connectivity index (χ2n) is 5.02. The van der Waals surface area contributed by atoms with E-state index in [9.17, 15) is 0 Å². The third-order valence-corrected chi connectivity index (χ3v) is 3.48. The van der Waals surface area contributed by atoms with Gasteiger partial charge in [0, 0.05) is 23.9 Å². The Morgan fingerprint density at radius 3 is 2.67 bits per heavy atom. The number of benzene rings is 1. The number of hydrogen-bond acceptors (Lipinski definition) is 3. The van der Waals surface area contributed by atoms with Gasteiger partial charge in [-0.15, -0.1) is 0 Å². The molecule has 0 bridgehead atoms. The minimum atomic E-state index is 0.504. The number of nitrogens with zero attached hydrogens (tertiary/aromatic N) is 3. The van der Waals surface area contributed by atoms with Crippen molar-refractivity contribution in [3.05, 3.63) is 64.8 Å². The molecule has 21 heavy (non-hydrogen) atoms. The van der Waals surface area contributed by atoms with E-state index >= 15 is 0 Å². The number of para-hydroxylation sites is 1. The molecule has 2 aromatic heterocycles. The zero-order chi connectivity index (χ0) is 14.7. The Balaban J connectivity index is 1.90. The van der Waals surface area contributed by atoms with Crippen molar-refractivity contribution >= 4 is 22.5 Å². The molecule has 0 atom stereocenters. The van der Waals surface area contributed by atoms with E-state index in [4.69, 9.17) is 11.6 Å². The lowest BCUT2D eigenvalue weighted by Gasteiger charge is -2.05. The zero-order valence-corrected chi connectivity index (χ0v) is 12.6. The van der Waals surface area contributed by atoms with Crippen molar-refractivity contribution in [2.24, 2.45) is 0 Å². The van der Waals surface area contributed by atoms with Gasteiger partial charge in [0.1, 0.15) is 11.0 Å². The zero-order valence-electron chi connectivity index (χ0n) is 11.9. The van der Waals surface area contributed by atoms with Crippen molar-refractivity contribution in [2.45, 2.75) is 26.2 Å². The molecule has 3 rings (SSSR count). The van der Waals surface area contributed by atoms with E-state index in [-0.39, 0.29) is 0 Å². The minimum Gasteiger partial charge on any atom is -0.252 e. The smallest absolute Gasteiger partial charge is 0.133 e. The lowest BCUT2D eigenvalue weighted by atomic mass is 10.1. The first-order chi connectivity index (χ1) is 10.2. The van der Waals surface area contributed by atoms with E-state index in [1.807, 2.05) is 30.3 Å². The Morgan fingerprint density at radius 1 is 0.952 bits per heavy atom. The molecule has 3 nitrogen and oxygen atoms in total. The number of fused-ring (bicyclic) bond motifs is 1. The summed E-state index contributed by atoms with van der Waals surface area (Å²) >= 11 is 6.08. The molecule has 0 unspecified atom stereocenters. The lowest BCUT2D eigenvalue weighted by molar-refractivity contribution is 0.815. The molecule has 0 aliphatic heterocycles. The highest BCUT2D eigenvalue weighted by Crippen LogP contribution is 2.15. The number of halogens is 1. The van der Waals surface area contributed by atoms with Crippen LogP contribution in [0.2, 0.25) is 5.15 Å². The monoisotopic (exact) mass is 297 g/mol. The molecule has 0 amide bonds. The van der Waals surface area contributed by atoms with Gasteiger partial charge in [0.25, 0.3) is 0 Å². The summed E-state index contributed by atoms with van der Waals surface area (Å²) in [5.41, 5.74) is 2.91. The summed E-state index contributed by atoms with van der Waals surface area (Å²) in [4.78, 5) is 13.5. The van der Waals surface area contributed by atoms with Crippen LogP contribution in [0.1, 0.15) is 30.6 Å². The first-order valence-electron chi connectivity index (χ1n) is 7.11. The fourth-order valence-corrected chi connectivity index (χ4v) is 2.56. The Bertz CT molecular complexity index is 771. The van der Waals surface area contributed by atoms with Crippen molar-refractivity contribution in [2.75, 3.05) is 0 Å². The first-order valence-corrected chi connectivity index (χ1v) is 7.49. The van der Waals surface area contributed by atoms with E-state index in [0.717, 1.165) is 41.0 Å². The highest BCUT2D eigenvalue weighted by molar-refractivity contribution is 6.29. The normalized spacial score (nSPS) is 11.0. The predicted molar refractivity (Wildman–Crippen MR) is 85.6 cm³/mol. The van der Waals surface area contributed by atoms with Crippen molar-refractivity contribution in [1.82, 2.24) is 15.0 Å². The summed E-state index contributed by atoms with van der Waals surface area (Å²) in [6.07, 6.45) is 2.52. The van der Waals surface area contributed by atoms with Crippen LogP contribution in [0.5, 0.6) is 0 Å². The molecular weight excluding hydrogens is 282 g/mol. The van der Waals surface area contributed by atoms with Crippen LogP contribution in [0, 0.1) is 0 Å². The van der Waals surface area contributed by atoms with Crippen LogP contribution >= 0.6 is 11.6 Å². The van der Waals surface area contributed by atoms with Gasteiger partial charge in [-0.3, -0.25) is 4.98 Å². The summed E-state index contributed by atoms with van der Waals surface area (Å²) in [5, 5.41) is 1.65. The van der Waals surface area contributed by atoms with Crippen LogP contribution in [-0.4, -0.2) is 15.0 Å². The van der Waals surface area contributed by atoms with Gasteiger partial charge in [0.2, 0.25) is 0 Å². The Kier molecular flexibility index (Phi) is 4.11. The first kappa shape index (κ1) is 14.0. The van der Waals surface area contributed by atoms with Crippen molar-refractivity contribution in [3.63, 3.8) is 0 Å². The molecule has 4 heteroatoms. The molecule has 0 aliphatic rings. The molecule has 1 aromatic carbocycles. The topological polar surface area (TPSA) is 38.7 Å². The highest BCUT2D eigenvalue weighted by atomic mass is 35.5. The Morgan fingerprint density at radius 2 is 1.81 bits per heavy atom. The van der Waals surface area contributed by atoms with Crippen LogP contribution in [0.25, 0.3) is 10.9 Å². The maximum absolute atomic E-state index is 6.08. The van der Waals surface area contributed by atoms with Crippen LogP contribution in [0.3, 0.4) is 0 Å². The van der Waals surface area contributed by atoms with E-state index in [1.165, 1.54) is 0 Å². The fourth-order valence-electron chi connectivity index (χ4n) is 2.33. The van der Waals surface area contributed by atoms with Crippen molar-refractivity contribution < 1.29 is 0 Å². The molecule has 106 valence electrons. The predicted octanol–water partition coefficient (Wildman–Crippen LogP) is 4.22. The second-order valence-corrected chi connectivity index (χ2v) is 5.41. The van der Waals surface area contributed by atoms with Gasteiger partial charge in [-0.2, -0.15) is 0 Å². The Labute approximate surface area is 129 Å². The maximum Gasteiger partial charge on any atom is 0.133 e. The van der Waals surface area contributed by atoms with E-state index in [1.54, 1.807) is 0 Å². The molecule has 3 aromatic rings. The number of pyridine rings is 1. The molecule has 0 fully saturated rings. The second kappa shape index (κ2) is 6.19.